The molecule has 0 saturated heterocycles. The summed E-state index contributed by atoms with van der Waals surface area (Å²) in [6.07, 6.45) is 4.98. The van der Waals surface area contributed by atoms with Gasteiger partial charge in [0, 0.05) is 6.04 Å². The molecule has 19 heavy (non-hydrogen) atoms. The molecule has 1 aliphatic rings. The van der Waals surface area contributed by atoms with Gasteiger partial charge in [0.2, 0.25) is 0 Å². The average molecular weight is 330 g/mol. The van der Waals surface area contributed by atoms with E-state index in [-0.39, 0.29) is 17.7 Å². The Kier molecular flexibility index (Phi) is 4.62. The van der Waals surface area contributed by atoms with E-state index in [9.17, 15) is 9.90 Å². The summed E-state index contributed by atoms with van der Waals surface area (Å²) < 4.78 is 1.99. The zero-order chi connectivity index (χ0) is 14.0. The molecule has 0 amide bonds. The maximum Gasteiger partial charge on any atom is 0.283 e. The fourth-order valence-electron chi connectivity index (χ4n) is 2.35. The van der Waals surface area contributed by atoms with Gasteiger partial charge < -0.3 is 10.4 Å². The van der Waals surface area contributed by atoms with E-state index >= 15 is 0 Å². The monoisotopic (exact) mass is 329 g/mol. The lowest BCUT2D eigenvalue weighted by atomic mass is 9.93. The number of hydrogen-bond donors (Lipinski definition) is 2. The molecule has 0 spiro atoms. The average Bonchev–Trinajstić information content (AvgIpc) is 2.37. The minimum absolute atomic E-state index is 0.0441. The van der Waals surface area contributed by atoms with Gasteiger partial charge in [0.1, 0.15) is 4.47 Å². The van der Waals surface area contributed by atoms with E-state index in [1.807, 2.05) is 13.8 Å². The van der Waals surface area contributed by atoms with Crippen molar-refractivity contribution in [2.24, 2.45) is 0 Å². The number of aliphatic hydroxyl groups is 1. The summed E-state index contributed by atoms with van der Waals surface area (Å²) in [5.41, 5.74) is 0.624. The van der Waals surface area contributed by atoms with E-state index < -0.39 is 0 Å². The lowest BCUT2D eigenvalue weighted by Crippen LogP contribution is -2.31. The molecule has 1 aliphatic carbocycles. The Labute approximate surface area is 121 Å². The number of nitrogens with zero attached hydrogens (tertiary/aromatic N) is 2. The molecule has 0 atom stereocenters. The largest absolute Gasteiger partial charge is 0.393 e. The van der Waals surface area contributed by atoms with Crippen molar-refractivity contribution in [2.45, 2.75) is 57.7 Å². The Morgan fingerprint density at radius 2 is 2.05 bits per heavy atom. The van der Waals surface area contributed by atoms with Crippen LogP contribution < -0.4 is 10.9 Å². The number of hydrogen-bond acceptors (Lipinski definition) is 4. The van der Waals surface area contributed by atoms with Crippen LogP contribution in [-0.4, -0.2) is 27.0 Å². The minimum Gasteiger partial charge on any atom is -0.393 e. The van der Waals surface area contributed by atoms with Crippen molar-refractivity contribution in [3.05, 3.63) is 21.0 Å². The number of aromatic nitrogens is 2. The Hall–Kier alpha value is -0.880. The van der Waals surface area contributed by atoms with E-state index in [2.05, 4.69) is 26.3 Å². The van der Waals surface area contributed by atoms with Crippen LogP contribution in [0.4, 0.5) is 5.69 Å². The van der Waals surface area contributed by atoms with E-state index in [0.717, 1.165) is 31.4 Å². The minimum atomic E-state index is -0.173. The Morgan fingerprint density at radius 1 is 1.42 bits per heavy atom. The summed E-state index contributed by atoms with van der Waals surface area (Å²) in [5.74, 6) is 0. The predicted molar refractivity (Wildman–Crippen MR) is 78.5 cm³/mol. The highest BCUT2D eigenvalue weighted by Crippen LogP contribution is 2.24. The maximum atomic E-state index is 12.1. The van der Waals surface area contributed by atoms with Crippen molar-refractivity contribution in [1.29, 1.82) is 0 Å². The molecule has 0 aliphatic heterocycles. The highest BCUT2D eigenvalue weighted by atomic mass is 79.9. The van der Waals surface area contributed by atoms with Gasteiger partial charge in [-0.15, -0.1) is 0 Å². The van der Waals surface area contributed by atoms with Crippen molar-refractivity contribution in [3.63, 3.8) is 0 Å². The quantitative estimate of drug-likeness (QED) is 0.892. The van der Waals surface area contributed by atoms with Crippen LogP contribution in [-0.2, 0) is 0 Å². The van der Waals surface area contributed by atoms with Gasteiger partial charge in [0.05, 0.1) is 24.0 Å². The van der Waals surface area contributed by atoms with Gasteiger partial charge in [0.15, 0.2) is 0 Å². The number of anilines is 1. The molecule has 0 radical (unpaired) electrons. The molecule has 2 rings (SSSR count). The van der Waals surface area contributed by atoms with Crippen molar-refractivity contribution in [1.82, 2.24) is 9.78 Å². The molecule has 0 aromatic carbocycles. The van der Waals surface area contributed by atoms with Gasteiger partial charge in [-0.2, -0.15) is 5.10 Å². The summed E-state index contributed by atoms with van der Waals surface area (Å²) >= 11 is 3.35. The predicted octanol–water partition coefficient (Wildman–Crippen LogP) is 2.30. The molecule has 1 saturated carbocycles. The second-order valence-electron chi connectivity index (χ2n) is 5.37. The zero-order valence-corrected chi connectivity index (χ0v) is 12.9. The van der Waals surface area contributed by atoms with Crippen molar-refractivity contribution in [2.75, 3.05) is 5.32 Å². The third-order valence-electron chi connectivity index (χ3n) is 3.49. The van der Waals surface area contributed by atoms with Gasteiger partial charge in [-0.05, 0) is 55.5 Å². The molecule has 1 aromatic rings. The van der Waals surface area contributed by atoms with E-state index in [1.54, 1.807) is 6.20 Å². The van der Waals surface area contributed by atoms with E-state index in [1.165, 1.54) is 4.68 Å². The molecule has 6 heteroatoms. The summed E-state index contributed by atoms with van der Waals surface area (Å²) in [7, 11) is 0. The van der Waals surface area contributed by atoms with Gasteiger partial charge >= 0.3 is 0 Å². The van der Waals surface area contributed by atoms with Gasteiger partial charge in [-0.25, -0.2) is 4.68 Å². The maximum absolute atomic E-state index is 12.1. The second kappa shape index (κ2) is 6.05. The molecule has 2 N–H and O–H groups in total. The van der Waals surface area contributed by atoms with Crippen molar-refractivity contribution >= 4 is 21.6 Å². The van der Waals surface area contributed by atoms with Crippen LogP contribution >= 0.6 is 15.9 Å². The molecule has 1 aromatic heterocycles. The molecule has 0 unspecified atom stereocenters. The topological polar surface area (TPSA) is 67.2 Å². The fourth-order valence-corrected chi connectivity index (χ4v) is 2.75. The molecule has 0 bridgehead atoms. The van der Waals surface area contributed by atoms with E-state index in [0.29, 0.717) is 10.5 Å². The molecular weight excluding hydrogens is 310 g/mol. The standard InChI is InChI=1S/C13H20BrN3O2/c1-8(2)17-13(19)12(14)11(7-15-17)16-9-3-5-10(18)6-4-9/h7-10,16,18H,3-6H2,1-2H3. The first-order chi connectivity index (χ1) is 8.99. The first kappa shape index (κ1) is 14.5. The van der Waals surface area contributed by atoms with Crippen LogP contribution in [0.5, 0.6) is 0 Å². The summed E-state index contributed by atoms with van der Waals surface area (Å²) in [6.45, 7) is 3.85. The third-order valence-corrected chi connectivity index (χ3v) is 4.26. The normalized spacial score (nSPS) is 23.6. The molecule has 5 nitrogen and oxygen atoms in total. The Balaban J connectivity index is 2.13. The van der Waals surface area contributed by atoms with Crippen LogP contribution in [0.25, 0.3) is 0 Å². The van der Waals surface area contributed by atoms with Gasteiger partial charge in [0.25, 0.3) is 5.56 Å². The highest BCUT2D eigenvalue weighted by Gasteiger charge is 2.20. The molecule has 1 fully saturated rings. The fraction of sp³-hybridized carbons (Fsp3) is 0.692. The van der Waals surface area contributed by atoms with E-state index in [4.69, 9.17) is 0 Å². The second-order valence-corrected chi connectivity index (χ2v) is 6.16. The number of halogens is 1. The number of nitrogens with one attached hydrogen (secondary N) is 1. The third kappa shape index (κ3) is 3.36. The molecular formula is C13H20BrN3O2. The number of aliphatic hydroxyl groups excluding tert-OH is 1. The Morgan fingerprint density at radius 3 is 2.63 bits per heavy atom. The zero-order valence-electron chi connectivity index (χ0n) is 11.3. The van der Waals surface area contributed by atoms with Crippen molar-refractivity contribution in [3.8, 4) is 0 Å². The van der Waals surface area contributed by atoms with Crippen LogP contribution in [0.2, 0.25) is 0 Å². The summed E-state index contributed by atoms with van der Waals surface area (Å²) in [5, 5.41) is 17.0. The van der Waals surface area contributed by atoms with Gasteiger partial charge in [-0.1, -0.05) is 0 Å². The van der Waals surface area contributed by atoms with Crippen LogP contribution in [0.1, 0.15) is 45.6 Å². The number of rotatable bonds is 3. The summed E-state index contributed by atoms with van der Waals surface area (Å²) in [6, 6.07) is 0.346. The Bertz CT molecular complexity index is 493. The smallest absolute Gasteiger partial charge is 0.283 e. The molecule has 1 heterocycles. The molecule has 106 valence electrons. The van der Waals surface area contributed by atoms with Crippen molar-refractivity contribution < 1.29 is 5.11 Å². The lowest BCUT2D eigenvalue weighted by molar-refractivity contribution is 0.126. The first-order valence-electron chi connectivity index (χ1n) is 6.71. The van der Waals surface area contributed by atoms with Crippen LogP contribution in [0.3, 0.4) is 0 Å². The summed E-state index contributed by atoms with van der Waals surface area (Å²) in [4.78, 5) is 12.1. The lowest BCUT2D eigenvalue weighted by Gasteiger charge is -2.27. The SMILES string of the molecule is CC(C)n1ncc(NC2CCC(O)CC2)c(Br)c1=O. The van der Waals surface area contributed by atoms with Crippen LogP contribution in [0, 0.1) is 0 Å². The van der Waals surface area contributed by atoms with Gasteiger partial charge in [-0.3, -0.25) is 4.79 Å². The van der Waals surface area contributed by atoms with Crippen LogP contribution in [0.15, 0.2) is 15.5 Å². The highest BCUT2D eigenvalue weighted by molar-refractivity contribution is 9.10. The first-order valence-corrected chi connectivity index (χ1v) is 7.50.